The van der Waals surface area contributed by atoms with Gasteiger partial charge in [-0.3, -0.25) is 9.48 Å². The minimum Gasteiger partial charge on any atom is -0.481 e. The number of rotatable bonds is 4. The van der Waals surface area contributed by atoms with E-state index in [-0.39, 0.29) is 17.7 Å². The summed E-state index contributed by atoms with van der Waals surface area (Å²) in [6, 6.07) is 3.09. The first-order valence-electron chi connectivity index (χ1n) is 7.88. The van der Waals surface area contributed by atoms with E-state index in [0.29, 0.717) is 0 Å². The fourth-order valence-corrected chi connectivity index (χ4v) is 2.91. The first-order valence-corrected chi connectivity index (χ1v) is 7.88. The highest BCUT2D eigenvalue weighted by atomic mass is 19.2. The van der Waals surface area contributed by atoms with Gasteiger partial charge in [0.15, 0.2) is 17.7 Å². The Morgan fingerprint density at radius 3 is 2.96 bits per heavy atom. The van der Waals surface area contributed by atoms with E-state index < -0.39 is 17.7 Å². The lowest BCUT2D eigenvalue weighted by Gasteiger charge is -2.24. The van der Waals surface area contributed by atoms with E-state index in [4.69, 9.17) is 4.74 Å². The van der Waals surface area contributed by atoms with Crippen molar-refractivity contribution in [3.63, 3.8) is 0 Å². The van der Waals surface area contributed by atoms with Crippen LogP contribution < -0.4 is 10.1 Å². The van der Waals surface area contributed by atoms with Crippen LogP contribution in [0.1, 0.15) is 37.1 Å². The summed E-state index contributed by atoms with van der Waals surface area (Å²) in [6.45, 7) is 1.57. The molecule has 1 N–H and O–H groups in total. The molecule has 0 aliphatic heterocycles. The lowest BCUT2D eigenvalue weighted by molar-refractivity contribution is -0.128. The molecule has 0 saturated carbocycles. The third-order valence-corrected chi connectivity index (χ3v) is 4.11. The normalized spacial score (nSPS) is 17.9. The molecule has 1 aliphatic carbocycles. The summed E-state index contributed by atoms with van der Waals surface area (Å²) in [7, 11) is 1.85. The molecule has 0 radical (unpaired) electrons. The van der Waals surface area contributed by atoms with E-state index in [2.05, 4.69) is 10.4 Å². The van der Waals surface area contributed by atoms with Gasteiger partial charge in [0.1, 0.15) is 5.75 Å². The van der Waals surface area contributed by atoms with Crippen molar-refractivity contribution >= 4 is 5.91 Å². The van der Waals surface area contributed by atoms with Crippen LogP contribution in [0.3, 0.4) is 0 Å². The predicted molar refractivity (Wildman–Crippen MR) is 83.5 cm³/mol. The van der Waals surface area contributed by atoms with Crippen molar-refractivity contribution in [3.05, 3.63) is 47.3 Å². The Morgan fingerprint density at radius 2 is 2.21 bits per heavy atom. The number of aryl methyl sites for hydroxylation is 2. The number of fused-ring (bicyclic) bond motifs is 1. The fraction of sp³-hybridized carbons (Fsp3) is 0.412. The third kappa shape index (κ3) is 3.39. The van der Waals surface area contributed by atoms with Crippen LogP contribution in [0.15, 0.2) is 24.4 Å². The van der Waals surface area contributed by atoms with Crippen LogP contribution in [0.2, 0.25) is 0 Å². The maximum atomic E-state index is 13.2. The van der Waals surface area contributed by atoms with Gasteiger partial charge in [-0.1, -0.05) is 0 Å². The van der Waals surface area contributed by atoms with Gasteiger partial charge >= 0.3 is 0 Å². The molecule has 0 fully saturated rings. The Hall–Kier alpha value is -2.44. The van der Waals surface area contributed by atoms with Crippen molar-refractivity contribution in [1.29, 1.82) is 0 Å². The zero-order valence-corrected chi connectivity index (χ0v) is 13.6. The average molecular weight is 335 g/mol. The van der Waals surface area contributed by atoms with Crippen LogP contribution in [0.5, 0.6) is 5.75 Å². The monoisotopic (exact) mass is 335 g/mol. The Labute approximate surface area is 138 Å². The Balaban J connectivity index is 1.65. The second kappa shape index (κ2) is 6.59. The van der Waals surface area contributed by atoms with Gasteiger partial charge in [-0.05, 0) is 38.3 Å². The van der Waals surface area contributed by atoms with Crippen LogP contribution in [0, 0.1) is 11.6 Å². The number of amides is 1. The number of nitrogens with one attached hydrogen (secondary N) is 1. The Kier molecular flexibility index (Phi) is 4.51. The van der Waals surface area contributed by atoms with Gasteiger partial charge in [-0.25, -0.2) is 8.78 Å². The molecule has 2 atom stereocenters. The smallest absolute Gasteiger partial charge is 0.261 e. The molecule has 1 aromatic carbocycles. The number of ether oxygens (including phenoxy) is 1. The number of hydrogen-bond acceptors (Lipinski definition) is 3. The van der Waals surface area contributed by atoms with Gasteiger partial charge in [-0.15, -0.1) is 0 Å². The fourth-order valence-electron chi connectivity index (χ4n) is 2.91. The van der Waals surface area contributed by atoms with Gasteiger partial charge in [0, 0.05) is 24.9 Å². The number of aromatic nitrogens is 2. The zero-order valence-electron chi connectivity index (χ0n) is 13.6. The third-order valence-electron chi connectivity index (χ3n) is 4.11. The molecule has 128 valence electrons. The van der Waals surface area contributed by atoms with E-state index >= 15 is 0 Å². The molecule has 0 bridgehead atoms. The summed E-state index contributed by atoms with van der Waals surface area (Å²) in [5, 5.41) is 7.35. The summed E-state index contributed by atoms with van der Waals surface area (Å²) in [6.07, 6.45) is 3.79. The van der Waals surface area contributed by atoms with E-state index in [1.165, 1.54) is 6.07 Å². The number of carbonyl (C=O) groups is 1. The summed E-state index contributed by atoms with van der Waals surface area (Å²) < 4.78 is 33.3. The molecule has 1 heterocycles. The zero-order chi connectivity index (χ0) is 17.3. The molecule has 1 aliphatic rings. The molecular weight excluding hydrogens is 316 g/mol. The maximum absolute atomic E-state index is 13.2. The van der Waals surface area contributed by atoms with Gasteiger partial charge in [0.2, 0.25) is 0 Å². The quantitative estimate of drug-likeness (QED) is 0.935. The number of benzene rings is 1. The molecule has 3 rings (SSSR count). The van der Waals surface area contributed by atoms with Crippen LogP contribution in [0.25, 0.3) is 0 Å². The SMILES string of the molecule is C[C@H](Oc1ccc(F)c(F)c1)C(=O)N[C@H]1CCCc2nn(C)cc21. The van der Waals surface area contributed by atoms with E-state index in [0.717, 1.165) is 42.7 Å². The first kappa shape index (κ1) is 16.4. The molecule has 1 amide bonds. The molecular formula is C17H19F2N3O2. The molecule has 1 aromatic heterocycles. The highest BCUT2D eigenvalue weighted by Crippen LogP contribution is 2.28. The van der Waals surface area contributed by atoms with Crippen molar-refractivity contribution in [1.82, 2.24) is 15.1 Å². The number of halogens is 2. The molecule has 0 unspecified atom stereocenters. The Bertz CT molecular complexity index is 760. The summed E-state index contributed by atoms with van der Waals surface area (Å²) in [5.74, 6) is -2.15. The van der Waals surface area contributed by atoms with Gasteiger partial charge in [-0.2, -0.15) is 5.10 Å². The highest BCUT2D eigenvalue weighted by molar-refractivity contribution is 5.81. The first-order chi connectivity index (χ1) is 11.4. The van der Waals surface area contributed by atoms with Crippen molar-refractivity contribution < 1.29 is 18.3 Å². The van der Waals surface area contributed by atoms with E-state index in [9.17, 15) is 13.6 Å². The minimum atomic E-state index is -1.01. The molecule has 0 spiro atoms. The van der Waals surface area contributed by atoms with Crippen LogP contribution >= 0.6 is 0 Å². The van der Waals surface area contributed by atoms with Gasteiger partial charge in [0.25, 0.3) is 5.91 Å². The maximum Gasteiger partial charge on any atom is 0.261 e. The van der Waals surface area contributed by atoms with Crippen LogP contribution in [-0.2, 0) is 18.3 Å². The lowest BCUT2D eigenvalue weighted by Crippen LogP contribution is -2.39. The van der Waals surface area contributed by atoms with E-state index in [1.807, 2.05) is 13.2 Å². The summed E-state index contributed by atoms with van der Waals surface area (Å²) in [5.41, 5.74) is 2.03. The number of carbonyl (C=O) groups excluding carboxylic acids is 1. The van der Waals surface area contributed by atoms with Crippen molar-refractivity contribution in [3.8, 4) is 5.75 Å². The molecule has 2 aromatic rings. The Morgan fingerprint density at radius 1 is 1.42 bits per heavy atom. The highest BCUT2D eigenvalue weighted by Gasteiger charge is 2.26. The molecule has 0 saturated heterocycles. The molecule has 5 nitrogen and oxygen atoms in total. The molecule has 24 heavy (non-hydrogen) atoms. The summed E-state index contributed by atoms with van der Waals surface area (Å²) >= 11 is 0. The summed E-state index contributed by atoms with van der Waals surface area (Å²) in [4.78, 5) is 12.4. The number of hydrogen-bond donors (Lipinski definition) is 1. The van der Waals surface area contributed by atoms with Crippen molar-refractivity contribution in [2.24, 2.45) is 7.05 Å². The average Bonchev–Trinajstić information content (AvgIpc) is 2.92. The van der Waals surface area contributed by atoms with Crippen molar-refractivity contribution in [2.45, 2.75) is 38.3 Å². The standard InChI is InChI=1S/C17H19F2N3O2/c1-10(24-11-6-7-13(18)14(19)8-11)17(23)20-15-4-3-5-16-12(15)9-22(2)21-16/h6-10,15H,3-5H2,1-2H3,(H,20,23)/t10-,15-/m0/s1. The van der Waals surface area contributed by atoms with Crippen molar-refractivity contribution in [2.75, 3.05) is 0 Å². The molecule has 7 heteroatoms. The second-order valence-corrected chi connectivity index (χ2v) is 5.99. The van der Waals surface area contributed by atoms with Gasteiger partial charge in [0.05, 0.1) is 11.7 Å². The largest absolute Gasteiger partial charge is 0.481 e. The van der Waals surface area contributed by atoms with E-state index in [1.54, 1.807) is 11.6 Å². The number of nitrogens with zero attached hydrogens (tertiary/aromatic N) is 2. The van der Waals surface area contributed by atoms with Crippen LogP contribution in [-0.4, -0.2) is 21.8 Å². The predicted octanol–water partition coefficient (Wildman–Crippen LogP) is 2.66. The topological polar surface area (TPSA) is 56.1 Å². The second-order valence-electron chi connectivity index (χ2n) is 5.99. The van der Waals surface area contributed by atoms with Crippen LogP contribution in [0.4, 0.5) is 8.78 Å². The minimum absolute atomic E-state index is 0.106. The lowest BCUT2D eigenvalue weighted by atomic mass is 9.93. The van der Waals surface area contributed by atoms with Gasteiger partial charge < -0.3 is 10.1 Å².